The normalized spacial score (nSPS) is 20.3. The highest BCUT2D eigenvalue weighted by Crippen LogP contribution is 2.33. The topological polar surface area (TPSA) is 57.6 Å². The second-order valence-electron chi connectivity index (χ2n) is 6.33. The number of rotatable bonds is 5. The third kappa shape index (κ3) is 3.15. The van der Waals surface area contributed by atoms with Gasteiger partial charge >= 0.3 is 0 Å². The molecule has 1 aromatic carbocycles. The van der Waals surface area contributed by atoms with E-state index in [1.54, 1.807) is 13.1 Å². The van der Waals surface area contributed by atoms with Gasteiger partial charge < -0.3 is 5.11 Å². The van der Waals surface area contributed by atoms with E-state index in [2.05, 4.69) is 0 Å². The summed E-state index contributed by atoms with van der Waals surface area (Å²) < 4.78 is 26.5. The van der Waals surface area contributed by atoms with Gasteiger partial charge in [-0.15, -0.1) is 0 Å². The van der Waals surface area contributed by atoms with E-state index in [-0.39, 0.29) is 12.5 Å². The number of benzene rings is 1. The third-order valence-electron chi connectivity index (χ3n) is 4.64. The van der Waals surface area contributed by atoms with E-state index in [0.717, 1.165) is 32.1 Å². The molecule has 0 spiro atoms. The van der Waals surface area contributed by atoms with Gasteiger partial charge in [0.15, 0.2) is 0 Å². The van der Waals surface area contributed by atoms with Crippen molar-refractivity contribution in [3.05, 3.63) is 29.3 Å². The van der Waals surface area contributed by atoms with Gasteiger partial charge in [-0.2, -0.15) is 4.31 Å². The molecular weight excluding hydrogens is 286 g/mol. The molecule has 3 rings (SSSR count). The summed E-state index contributed by atoms with van der Waals surface area (Å²) >= 11 is 0. The Balaban J connectivity index is 1.80. The Hall–Kier alpha value is -0.910. The molecule has 1 unspecified atom stereocenters. The van der Waals surface area contributed by atoms with Gasteiger partial charge in [-0.1, -0.05) is 6.07 Å². The van der Waals surface area contributed by atoms with Crippen LogP contribution in [0.25, 0.3) is 0 Å². The van der Waals surface area contributed by atoms with Crippen LogP contribution in [0.15, 0.2) is 23.1 Å². The van der Waals surface area contributed by atoms with Crippen LogP contribution in [0, 0.1) is 5.92 Å². The van der Waals surface area contributed by atoms with Crippen LogP contribution in [0.3, 0.4) is 0 Å². The molecule has 0 amide bonds. The van der Waals surface area contributed by atoms with Gasteiger partial charge in [0.25, 0.3) is 0 Å². The van der Waals surface area contributed by atoms with E-state index in [1.165, 1.54) is 21.9 Å². The van der Waals surface area contributed by atoms with Crippen molar-refractivity contribution in [1.82, 2.24) is 4.31 Å². The summed E-state index contributed by atoms with van der Waals surface area (Å²) in [4.78, 5) is 0.355. The monoisotopic (exact) mass is 309 g/mol. The highest BCUT2D eigenvalue weighted by molar-refractivity contribution is 7.89. The maximum absolute atomic E-state index is 12.6. The maximum atomic E-state index is 12.6. The van der Waals surface area contributed by atoms with Crippen molar-refractivity contribution in [2.75, 3.05) is 13.6 Å². The van der Waals surface area contributed by atoms with E-state index in [9.17, 15) is 13.5 Å². The lowest BCUT2D eigenvalue weighted by atomic mass is 9.92. The lowest BCUT2D eigenvalue weighted by molar-refractivity contribution is 0.131. The zero-order valence-electron chi connectivity index (χ0n) is 12.5. The van der Waals surface area contributed by atoms with E-state index in [1.807, 2.05) is 12.1 Å². The highest BCUT2D eigenvalue weighted by Gasteiger charge is 2.33. The van der Waals surface area contributed by atoms with Gasteiger partial charge in [0.2, 0.25) is 10.0 Å². The highest BCUT2D eigenvalue weighted by atomic mass is 32.2. The molecule has 0 bridgehead atoms. The Morgan fingerprint density at radius 3 is 2.57 bits per heavy atom. The fourth-order valence-electron chi connectivity index (χ4n) is 3.04. The Kier molecular flexibility index (Phi) is 4.08. The molecule has 0 radical (unpaired) electrons. The van der Waals surface area contributed by atoms with Crippen LogP contribution in [-0.2, 0) is 22.9 Å². The van der Waals surface area contributed by atoms with Gasteiger partial charge in [0, 0.05) is 13.6 Å². The molecule has 0 aliphatic heterocycles. The average molecular weight is 309 g/mol. The first-order valence-corrected chi connectivity index (χ1v) is 9.18. The van der Waals surface area contributed by atoms with Crippen LogP contribution in [-0.4, -0.2) is 37.5 Å². The number of hydrogen-bond donors (Lipinski definition) is 1. The second-order valence-corrected chi connectivity index (χ2v) is 8.37. The fraction of sp³-hybridized carbons (Fsp3) is 0.625. The van der Waals surface area contributed by atoms with Gasteiger partial charge in [-0.3, -0.25) is 0 Å². The predicted molar refractivity (Wildman–Crippen MR) is 81.6 cm³/mol. The summed E-state index contributed by atoms with van der Waals surface area (Å²) in [7, 11) is -1.94. The molecule has 1 atom stereocenters. The summed E-state index contributed by atoms with van der Waals surface area (Å²) in [6.45, 7) is 0.185. The molecule has 0 aromatic heterocycles. The molecule has 116 valence electrons. The van der Waals surface area contributed by atoms with Gasteiger partial charge in [0.05, 0.1) is 11.0 Å². The Bertz CT molecular complexity index is 622. The molecule has 5 heteroatoms. The van der Waals surface area contributed by atoms with E-state index < -0.39 is 16.1 Å². The molecule has 1 fully saturated rings. The largest absolute Gasteiger partial charge is 0.391 e. The fourth-order valence-corrected chi connectivity index (χ4v) is 4.28. The van der Waals surface area contributed by atoms with Gasteiger partial charge in [-0.05, 0) is 67.7 Å². The van der Waals surface area contributed by atoms with E-state index in [0.29, 0.717) is 4.90 Å². The van der Waals surface area contributed by atoms with Crippen LogP contribution < -0.4 is 0 Å². The number of likely N-dealkylation sites (N-methyl/N-ethyl adjacent to an activating group) is 1. The van der Waals surface area contributed by atoms with Crippen LogP contribution in [0.1, 0.15) is 36.8 Å². The first kappa shape index (κ1) is 15.0. The number of aliphatic hydroxyl groups is 1. The molecule has 1 aromatic rings. The number of nitrogens with zero attached hydrogens (tertiary/aromatic N) is 1. The Labute approximate surface area is 126 Å². The van der Waals surface area contributed by atoms with Crippen LogP contribution >= 0.6 is 0 Å². The van der Waals surface area contributed by atoms with Crippen LogP contribution in [0.2, 0.25) is 0 Å². The molecule has 2 aliphatic carbocycles. The van der Waals surface area contributed by atoms with E-state index >= 15 is 0 Å². The number of aryl methyl sites for hydroxylation is 2. The molecule has 4 nitrogen and oxygen atoms in total. The number of sulfonamides is 1. The van der Waals surface area contributed by atoms with E-state index in [4.69, 9.17) is 0 Å². The first-order valence-electron chi connectivity index (χ1n) is 7.74. The zero-order chi connectivity index (χ0) is 15.0. The quantitative estimate of drug-likeness (QED) is 0.904. The minimum atomic E-state index is -3.50. The minimum Gasteiger partial charge on any atom is -0.391 e. The SMILES string of the molecule is CN(CC(O)C1CC1)S(=O)(=O)c1ccc2c(c1)CCCC2. The van der Waals surface area contributed by atoms with Crippen molar-refractivity contribution in [1.29, 1.82) is 0 Å². The third-order valence-corrected chi connectivity index (χ3v) is 6.46. The summed E-state index contributed by atoms with van der Waals surface area (Å²) in [6, 6.07) is 5.48. The number of hydrogen-bond acceptors (Lipinski definition) is 3. The summed E-state index contributed by atoms with van der Waals surface area (Å²) in [5, 5.41) is 9.96. The second kappa shape index (κ2) is 5.71. The standard InChI is InChI=1S/C16H23NO3S/c1-17(11-16(18)13-6-7-13)21(19,20)15-9-8-12-4-2-3-5-14(12)10-15/h8-10,13,16,18H,2-7,11H2,1H3. The lowest BCUT2D eigenvalue weighted by Crippen LogP contribution is -2.35. The molecule has 1 N–H and O–H groups in total. The predicted octanol–water partition coefficient (Wildman–Crippen LogP) is 1.96. The van der Waals surface area contributed by atoms with Crippen molar-refractivity contribution in [2.24, 2.45) is 5.92 Å². The Morgan fingerprint density at radius 1 is 1.24 bits per heavy atom. The van der Waals surface area contributed by atoms with Crippen LogP contribution in [0.4, 0.5) is 0 Å². The summed E-state index contributed by atoms with van der Waals surface area (Å²) in [5.41, 5.74) is 2.44. The molecule has 0 heterocycles. The number of fused-ring (bicyclic) bond motifs is 1. The average Bonchev–Trinajstić information content (AvgIpc) is 3.31. The van der Waals surface area contributed by atoms with Crippen LogP contribution in [0.5, 0.6) is 0 Å². The molecule has 0 saturated heterocycles. The zero-order valence-corrected chi connectivity index (χ0v) is 13.3. The number of aliphatic hydroxyl groups excluding tert-OH is 1. The van der Waals surface area contributed by atoms with Crippen molar-refractivity contribution in [3.8, 4) is 0 Å². The minimum absolute atomic E-state index is 0.185. The smallest absolute Gasteiger partial charge is 0.242 e. The molecule has 1 saturated carbocycles. The van der Waals surface area contributed by atoms with Gasteiger partial charge in [-0.25, -0.2) is 8.42 Å². The van der Waals surface area contributed by atoms with Crippen molar-refractivity contribution in [2.45, 2.75) is 49.5 Å². The van der Waals surface area contributed by atoms with Crippen molar-refractivity contribution in [3.63, 3.8) is 0 Å². The van der Waals surface area contributed by atoms with Crippen molar-refractivity contribution >= 4 is 10.0 Å². The lowest BCUT2D eigenvalue weighted by Gasteiger charge is -2.22. The first-order chi connectivity index (χ1) is 9.98. The van der Waals surface area contributed by atoms with Gasteiger partial charge in [0.1, 0.15) is 0 Å². The summed E-state index contributed by atoms with van der Waals surface area (Å²) in [6.07, 6.45) is 5.81. The van der Waals surface area contributed by atoms with Crippen molar-refractivity contribution < 1.29 is 13.5 Å². The molecule has 21 heavy (non-hydrogen) atoms. The molecular formula is C16H23NO3S. The Morgan fingerprint density at radius 2 is 1.90 bits per heavy atom. The summed E-state index contributed by atoms with van der Waals surface area (Å²) in [5.74, 6) is 0.284. The maximum Gasteiger partial charge on any atom is 0.242 e. The molecule has 2 aliphatic rings.